The van der Waals surface area contributed by atoms with Crippen molar-refractivity contribution in [3.05, 3.63) is 32.0 Å². The quantitative estimate of drug-likeness (QED) is 0.805. The minimum absolute atomic E-state index is 0.0736. The summed E-state index contributed by atoms with van der Waals surface area (Å²) < 4.78 is 0. The normalized spacial score (nSPS) is 10.3. The number of likely N-dealkylation sites (N-methyl/N-ethyl adjacent to an activating group) is 2. The second-order valence-corrected chi connectivity index (χ2v) is 7.73. The maximum Gasteiger partial charge on any atom is 0.227 e. The molecule has 0 unspecified atom stereocenters. The highest BCUT2D eigenvalue weighted by Gasteiger charge is 2.24. The van der Waals surface area contributed by atoms with E-state index in [2.05, 4.69) is 12.1 Å². The molecular weight excluding hydrogens is 372 g/mol. The van der Waals surface area contributed by atoms with Gasteiger partial charge in [-0.3, -0.25) is 9.59 Å². The third-order valence-electron chi connectivity index (χ3n) is 3.94. The van der Waals surface area contributed by atoms with Gasteiger partial charge in [0.15, 0.2) is 0 Å². The Kier molecular flexibility index (Phi) is 5.86. The van der Waals surface area contributed by atoms with Crippen LogP contribution in [0.5, 0.6) is 0 Å². The molecule has 2 amide bonds. The Morgan fingerprint density at radius 3 is 1.92 bits per heavy atom. The first-order valence-corrected chi connectivity index (χ1v) is 8.87. The molecule has 0 bridgehead atoms. The molecule has 0 aliphatic heterocycles. The molecule has 1 aromatic carbocycles. The summed E-state index contributed by atoms with van der Waals surface area (Å²) in [5.74, 6) is -0.267. The van der Waals surface area contributed by atoms with E-state index in [1.165, 1.54) is 27.2 Å². The lowest BCUT2D eigenvalue weighted by molar-refractivity contribution is -0.128. The number of hydrogen-bond donors (Lipinski definition) is 0. The standard InChI is InChI=1S/C18H17ClN4O2S/c1-22(2)15(24)6-13-17-10(8-20)5-12(19)11(9-21)18(17)14(26-13)7-16(25)23(3)4/h5H,6-7H2,1-4H3. The molecule has 0 saturated carbocycles. The van der Waals surface area contributed by atoms with Gasteiger partial charge in [0.1, 0.15) is 6.07 Å². The molecule has 0 radical (unpaired) electrons. The number of hydrogen-bond acceptors (Lipinski definition) is 5. The van der Waals surface area contributed by atoms with Gasteiger partial charge >= 0.3 is 0 Å². The van der Waals surface area contributed by atoms with Gasteiger partial charge in [-0.15, -0.1) is 11.3 Å². The van der Waals surface area contributed by atoms with Crippen LogP contribution in [0.1, 0.15) is 20.9 Å². The Morgan fingerprint density at radius 1 is 1.00 bits per heavy atom. The van der Waals surface area contributed by atoms with E-state index in [0.717, 1.165) is 0 Å². The molecule has 0 aliphatic rings. The Hall–Kier alpha value is -2.61. The van der Waals surface area contributed by atoms with Gasteiger partial charge in [-0.2, -0.15) is 10.5 Å². The summed E-state index contributed by atoms with van der Waals surface area (Å²) in [7, 11) is 6.59. The maximum absolute atomic E-state index is 12.2. The second-order valence-electron chi connectivity index (χ2n) is 6.13. The van der Waals surface area contributed by atoms with E-state index < -0.39 is 0 Å². The fraction of sp³-hybridized carbons (Fsp3) is 0.333. The molecule has 8 heteroatoms. The van der Waals surface area contributed by atoms with Crippen LogP contribution in [0.3, 0.4) is 0 Å². The molecule has 0 aliphatic carbocycles. The minimum atomic E-state index is -0.138. The summed E-state index contributed by atoms with van der Waals surface area (Å²) in [6.07, 6.45) is 0.162. The highest BCUT2D eigenvalue weighted by atomic mass is 35.5. The summed E-state index contributed by atoms with van der Waals surface area (Å²) in [5, 5.41) is 20.3. The highest BCUT2D eigenvalue weighted by molar-refractivity contribution is 7.14. The summed E-state index contributed by atoms with van der Waals surface area (Å²) in [5.41, 5.74) is 0.521. The fourth-order valence-corrected chi connectivity index (χ4v) is 4.06. The number of nitriles is 2. The van der Waals surface area contributed by atoms with Crippen molar-refractivity contribution >= 4 is 45.5 Å². The first-order valence-electron chi connectivity index (χ1n) is 7.68. The van der Waals surface area contributed by atoms with Gasteiger partial charge in [0.25, 0.3) is 0 Å². The topological polar surface area (TPSA) is 88.2 Å². The number of amides is 2. The van der Waals surface area contributed by atoms with E-state index in [-0.39, 0.29) is 35.2 Å². The van der Waals surface area contributed by atoms with Crippen LogP contribution in [0.2, 0.25) is 5.02 Å². The van der Waals surface area contributed by atoms with Crippen LogP contribution in [-0.2, 0) is 22.4 Å². The monoisotopic (exact) mass is 388 g/mol. The Bertz CT molecular complexity index is 980. The molecule has 1 aromatic heterocycles. The average Bonchev–Trinajstić information content (AvgIpc) is 2.92. The zero-order chi connectivity index (χ0) is 19.6. The van der Waals surface area contributed by atoms with Crippen molar-refractivity contribution in [2.24, 2.45) is 0 Å². The Balaban J connectivity index is 2.81. The first-order chi connectivity index (χ1) is 12.2. The molecule has 0 atom stereocenters. The van der Waals surface area contributed by atoms with Crippen molar-refractivity contribution in [2.45, 2.75) is 12.8 Å². The van der Waals surface area contributed by atoms with Crippen LogP contribution in [0.25, 0.3) is 10.8 Å². The molecule has 0 spiro atoms. The molecule has 0 fully saturated rings. The third-order valence-corrected chi connectivity index (χ3v) is 5.42. The van der Waals surface area contributed by atoms with Gasteiger partial charge in [-0.1, -0.05) is 11.6 Å². The molecule has 26 heavy (non-hydrogen) atoms. The lowest BCUT2D eigenvalue weighted by atomic mass is 9.99. The number of carbonyl (C=O) groups is 2. The summed E-state index contributed by atoms with van der Waals surface area (Å²) in [4.78, 5) is 28.6. The summed E-state index contributed by atoms with van der Waals surface area (Å²) in [6.45, 7) is 0. The number of thiophene rings is 1. The van der Waals surface area contributed by atoms with Gasteiger partial charge in [0, 0.05) is 48.7 Å². The average molecular weight is 389 g/mol. The predicted molar refractivity (Wildman–Crippen MR) is 101 cm³/mol. The van der Waals surface area contributed by atoms with Gasteiger partial charge < -0.3 is 9.80 Å². The van der Waals surface area contributed by atoms with E-state index >= 15 is 0 Å². The van der Waals surface area contributed by atoms with Gasteiger partial charge in [0.05, 0.1) is 35.1 Å². The van der Waals surface area contributed by atoms with Crippen LogP contribution in [0, 0.1) is 22.7 Å². The van der Waals surface area contributed by atoms with Gasteiger partial charge in [-0.25, -0.2) is 0 Å². The van der Waals surface area contributed by atoms with E-state index in [9.17, 15) is 20.1 Å². The molecule has 0 N–H and O–H groups in total. The number of carbonyl (C=O) groups excluding carboxylic acids is 2. The molecule has 1 heterocycles. The van der Waals surface area contributed by atoms with Gasteiger partial charge in [-0.05, 0) is 6.07 Å². The number of nitrogens with zero attached hydrogens (tertiary/aromatic N) is 4. The Morgan fingerprint density at radius 2 is 1.50 bits per heavy atom. The van der Waals surface area contributed by atoms with Crippen LogP contribution < -0.4 is 0 Å². The lowest BCUT2D eigenvalue weighted by Crippen LogP contribution is -2.23. The van der Waals surface area contributed by atoms with E-state index in [1.807, 2.05) is 0 Å². The van der Waals surface area contributed by atoms with Crippen molar-refractivity contribution < 1.29 is 9.59 Å². The minimum Gasteiger partial charge on any atom is -0.349 e. The van der Waals surface area contributed by atoms with Crippen LogP contribution >= 0.6 is 22.9 Å². The van der Waals surface area contributed by atoms with E-state index in [4.69, 9.17) is 11.6 Å². The zero-order valence-electron chi connectivity index (χ0n) is 14.9. The van der Waals surface area contributed by atoms with Crippen molar-refractivity contribution in [1.82, 2.24) is 9.80 Å². The maximum atomic E-state index is 12.2. The van der Waals surface area contributed by atoms with Crippen molar-refractivity contribution in [1.29, 1.82) is 10.5 Å². The summed E-state index contributed by atoms with van der Waals surface area (Å²) in [6, 6.07) is 5.59. The van der Waals surface area contributed by atoms with Crippen molar-refractivity contribution in [2.75, 3.05) is 28.2 Å². The van der Waals surface area contributed by atoms with Gasteiger partial charge in [0.2, 0.25) is 11.8 Å². The lowest BCUT2D eigenvalue weighted by Gasteiger charge is -2.10. The molecule has 134 valence electrons. The van der Waals surface area contributed by atoms with Crippen LogP contribution in [-0.4, -0.2) is 49.8 Å². The molecular formula is C18H17ClN4O2S. The number of halogens is 1. The largest absolute Gasteiger partial charge is 0.349 e. The zero-order valence-corrected chi connectivity index (χ0v) is 16.5. The second kappa shape index (κ2) is 7.74. The van der Waals surface area contributed by atoms with E-state index in [1.54, 1.807) is 28.2 Å². The molecule has 6 nitrogen and oxygen atoms in total. The van der Waals surface area contributed by atoms with Crippen LogP contribution in [0.15, 0.2) is 6.07 Å². The van der Waals surface area contributed by atoms with Crippen molar-refractivity contribution in [3.8, 4) is 12.1 Å². The van der Waals surface area contributed by atoms with E-state index in [0.29, 0.717) is 26.1 Å². The third kappa shape index (κ3) is 3.65. The van der Waals surface area contributed by atoms with Crippen molar-refractivity contribution in [3.63, 3.8) is 0 Å². The molecule has 2 rings (SSSR count). The number of benzene rings is 1. The van der Waals surface area contributed by atoms with Crippen LogP contribution in [0.4, 0.5) is 0 Å². The number of rotatable bonds is 4. The smallest absolute Gasteiger partial charge is 0.227 e. The summed E-state index contributed by atoms with van der Waals surface area (Å²) >= 11 is 7.46. The predicted octanol–water partition coefficient (Wildman–Crippen LogP) is 2.56. The highest BCUT2D eigenvalue weighted by Crippen LogP contribution is 2.39. The molecule has 0 saturated heterocycles. The first kappa shape index (κ1) is 19.7. The SMILES string of the molecule is CN(C)C(=O)Cc1sc(CC(=O)N(C)C)c2c(C#N)c(Cl)cc(C#N)c12. The molecule has 2 aromatic rings. The fourth-order valence-electron chi connectivity index (χ4n) is 2.51. The Labute approximate surface area is 160 Å². The number of fused-ring (bicyclic) bond motifs is 1.